The minimum Gasteiger partial charge on any atom is -0.461 e. The van der Waals surface area contributed by atoms with Crippen molar-refractivity contribution in [3.63, 3.8) is 0 Å². The molecule has 3 aromatic heterocycles. The van der Waals surface area contributed by atoms with Crippen LogP contribution in [0.5, 0.6) is 0 Å². The molecule has 0 bridgehead atoms. The maximum Gasteiger partial charge on any atom is 0.278 e. The summed E-state index contributed by atoms with van der Waals surface area (Å²) in [5.74, 6) is 1.03. The lowest BCUT2D eigenvalue weighted by molar-refractivity contribution is -0.122. The average Bonchev–Trinajstić information content (AvgIpc) is 3.65. The Bertz CT molecular complexity index is 1570. The highest BCUT2D eigenvalue weighted by molar-refractivity contribution is 6.19. The molecule has 0 spiro atoms. The molecule has 168 valence electrons. The van der Waals surface area contributed by atoms with Gasteiger partial charge in [-0.15, -0.1) is 0 Å². The second kappa shape index (κ2) is 8.23. The van der Waals surface area contributed by atoms with Crippen molar-refractivity contribution in [2.24, 2.45) is 4.99 Å². The topological polar surface area (TPSA) is 66.5 Å². The predicted molar refractivity (Wildman–Crippen MR) is 135 cm³/mol. The number of rotatable bonds is 6. The minimum atomic E-state index is -0.112. The van der Waals surface area contributed by atoms with E-state index in [1.807, 2.05) is 48.7 Å². The summed E-state index contributed by atoms with van der Waals surface area (Å²) in [6.45, 7) is 3.48. The maximum atomic E-state index is 13.5. The van der Waals surface area contributed by atoms with E-state index >= 15 is 0 Å². The number of aromatic nitrogens is 2. The van der Waals surface area contributed by atoms with Crippen molar-refractivity contribution in [2.45, 2.75) is 19.9 Å². The van der Waals surface area contributed by atoms with Crippen molar-refractivity contribution >= 4 is 39.6 Å². The lowest BCUT2D eigenvalue weighted by Gasteiger charge is -2.16. The molecule has 5 aromatic rings. The Labute approximate surface area is 196 Å². The van der Waals surface area contributed by atoms with Crippen molar-refractivity contribution in [3.8, 4) is 0 Å². The van der Waals surface area contributed by atoms with Gasteiger partial charge in [0.2, 0.25) is 0 Å². The number of carbonyl (C=O) groups is 1. The summed E-state index contributed by atoms with van der Waals surface area (Å²) in [6.07, 6.45) is 8.31. The van der Waals surface area contributed by atoms with Crippen LogP contribution in [0.4, 0.5) is 0 Å². The molecule has 34 heavy (non-hydrogen) atoms. The zero-order valence-electron chi connectivity index (χ0n) is 18.9. The molecule has 1 amide bonds. The third-order valence-electron chi connectivity index (χ3n) is 6.42. The van der Waals surface area contributed by atoms with E-state index in [2.05, 4.69) is 46.9 Å². The second-order valence-corrected chi connectivity index (χ2v) is 8.40. The smallest absolute Gasteiger partial charge is 0.278 e. The van der Waals surface area contributed by atoms with Gasteiger partial charge in [-0.05, 0) is 49.2 Å². The molecule has 4 heterocycles. The molecule has 1 N–H and O–H groups in total. The molecule has 0 unspecified atom stereocenters. The third-order valence-corrected chi connectivity index (χ3v) is 6.42. The van der Waals surface area contributed by atoms with E-state index in [9.17, 15) is 4.79 Å². The molecular weight excluding hydrogens is 424 g/mol. The van der Waals surface area contributed by atoms with Crippen LogP contribution < -0.4 is 0 Å². The Balaban J connectivity index is 1.36. The molecule has 0 saturated heterocycles. The molecule has 6 rings (SSSR count). The van der Waals surface area contributed by atoms with E-state index in [-0.39, 0.29) is 5.91 Å². The van der Waals surface area contributed by atoms with Crippen LogP contribution in [-0.2, 0) is 17.8 Å². The lowest BCUT2D eigenvalue weighted by atomic mass is 10.1. The van der Waals surface area contributed by atoms with Crippen molar-refractivity contribution in [1.29, 1.82) is 0 Å². The Kier molecular flexibility index (Phi) is 4.91. The van der Waals surface area contributed by atoms with Crippen LogP contribution in [0.25, 0.3) is 27.9 Å². The normalized spacial score (nSPS) is 15.2. The molecule has 0 saturated carbocycles. The summed E-state index contributed by atoms with van der Waals surface area (Å²) in [4.78, 5) is 23.3. The van der Waals surface area contributed by atoms with Gasteiger partial charge in [0.05, 0.1) is 6.26 Å². The molecule has 0 atom stereocenters. The van der Waals surface area contributed by atoms with Crippen molar-refractivity contribution < 1.29 is 9.21 Å². The summed E-state index contributed by atoms with van der Waals surface area (Å²) >= 11 is 0. The summed E-state index contributed by atoms with van der Waals surface area (Å²) in [5.41, 5.74) is 4.82. The van der Waals surface area contributed by atoms with E-state index in [0.717, 1.165) is 28.5 Å². The fraction of sp³-hybridized carbons (Fsp3) is 0.143. The predicted octanol–water partition coefficient (Wildman–Crippen LogP) is 5.61. The number of H-pyrrole nitrogens is 1. The Morgan fingerprint density at radius 2 is 1.85 bits per heavy atom. The van der Waals surface area contributed by atoms with Gasteiger partial charge in [-0.25, -0.2) is 4.99 Å². The van der Waals surface area contributed by atoms with Crippen LogP contribution in [0.1, 0.15) is 23.8 Å². The first-order valence-corrected chi connectivity index (χ1v) is 11.5. The summed E-state index contributed by atoms with van der Waals surface area (Å²) in [7, 11) is 0. The van der Waals surface area contributed by atoms with E-state index < -0.39 is 0 Å². The number of nitrogens with one attached hydrogen (secondary N) is 1. The highest BCUT2D eigenvalue weighted by Crippen LogP contribution is 2.28. The number of benzene rings is 2. The molecule has 6 nitrogen and oxygen atoms in total. The quantitative estimate of drug-likeness (QED) is 0.343. The average molecular weight is 449 g/mol. The van der Waals surface area contributed by atoms with Gasteiger partial charge in [-0.3, -0.25) is 9.69 Å². The first kappa shape index (κ1) is 20.3. The number of amides is 1. The largest absolute Gasteiger partial charge is 0.461 e. The SMILES string of the molecule is CCn1cc(C=C2N=C(c3ccco3)N(CCc3c[nH]c4ccccc34)C2=O)c2ccccc21. The molecular formula is C28H24N4O2. The number of nitrogens with zero attached hydrogens (tertiary/aromatic N) is 3. The maximum absolute atomic E-state index is 13.5. The number of hydrogen-bond acceptors (Lipinski definition) is 3. The fourth-order valence-corrected chi connectivity index (χ4v) is 4.72. The van der Waals surface area contributed by atoms with Crippen LogP contribution in [0, 0.1) is 0 Å². The minimum absolute atomic E-state index is 0.112. The number of aromatic amines is 1. The molecule has 1 aliphatic rings. The third kappa shape index (κ3) is 3.35. The lowest BCUT2D eigenvalue weighted by Crippen LogP contribution is -2.34. The first-order chi connectivity index (χ1) is 16.7. The number of carbonyl (C=O) groups excluding carboxylic acids is 1. The highest BCUT2D eigenvalue weighted by Gasteiger charge is 2.32. The molecule has 6 heteroatoms. The highest BCUT2D eigenvalue weighted by atomic mass is 16.3. The van der Waals surface area contributed by atoms with E-state index in [1.54, 1.807) is 11.2 Å². The number of furan rings is 1. The number of hydrogen-bond donors (Lipinski definition) is 1. The summed E-state index contributed by atoms with van der Waals surface area (Å²) < 4.78 is 7.82. The van der Waals surface area contributed by atoms with Crippen LogP contribution in [0.3, 0.4) is 0 Å². The number of amidine groups is 1. The molecule has 0 aliphatic carbocycles. The van der Waals surface area contributed by atoms with E-state index in [0.29, 0.717) is 30.3 Å². The van der Waals surface area contributed by atoms with E-state index in [1.165, 1.54) is 10.9 Å². The monoisotopic (exact) mass is 448 g/mol. The van der Waals surface area contributed by atoms with Gasteiger partial charge in [0.1, 0.15) is 5.70 Å². The fourth-order valence-electron chi connectivity index (χ4n) is 4.72. The van der Waals surface area contributed by atoms with Crippen LogP contribution in [-0.4, -0.2) is 32.7 Å². The number of aliphatic imine (C=N–C) groups is 1. The van der Waals surface area contributed by atoms with Gasteiger partial charge < -0.3 is 14.0 Å². The van der Waals surface area contributed by atoms with Crippen LogP contribution >= 0.6 is 0 Å². The van der Waals surface area contributed by atoms with Crippen molar-refractivity contribution in [1.82, 2.24) is 14.5 Å². The summed E-state index contributed by atoms with van der Waals surface area (Å²) in [6, 6.07) is 20.1. The molecule has 0 fully saturated rings. The van der Waals surface area contributed by atoms with Crippen molar-refractivity contribution in [2.75, 3.05) is 6.54 Å². The Morgan fingerprint density at radius 3 is 2.68 bits per heavy atom. The zero-order valence-corrected chi connectivity index (χ0v) is 18.9. The Morgan fingerprint density at radius 1 is 1.03 bits per heavy atom. The second-order valence-electron chi connectivity index (χ2n) is 8.40. The van der Waals surface area contributed by atoms with Crippen LogP contribution in [0.2, 0.25) is 0 Å². The van der Waals surface area contributed by atoms with E-state index in [4.69, 9.17) is 9.41 Å². The number of fused-ring (bicyclic) bond motifs is 2. The molecule has 0 radical (unpaired) electrons. The van der Waals surface area contributed by atoms with Gasteiger partial charge in [0.15, 0.2) is 11.6 Å². The standard InChI is InChI=1S/C28H24N4O2/c1-2-31-18-20(22-9-4-6-11-25(22)31)16-24-28(33)32(27(30-24)26-12-7-15-34-26)14-13-19-17-29-23-10-5-3-8-21(19)23/h3-12,15-18,29H,2,13-14H2,1H3. The summed E-state index contributed by atoms with van der Waals surface area (Å²) in [5, 5.41) is 2.28. The molecule has 1 aliphatic heterocycles. The van der Waals surface area contributed by atoms with Crippen molar-refractivity contribution in [3.05, 3.63) is 102 Å². The first-order valence-electron chi connectivity index (χ1n) is 11.5. The number of aryl methyl sites for hydroxylation is 1. The molecule has 2 aromatic carbocycles. The van der Waals surface area contributed by atoms with Gasteiger partial charge >= 0.3 is 0 Å². The number of para-hydroxylation sites is 2. The zero-order chi connectivity index (χ0) is 23.1. The van der Waals surface area contributed by atoms with Gasteiger partial charge in [0, 0.05) is 52.9 Å². The Hall–Kier alpha value is -4.32. The van der Waals surface area contributed by atoms with Crippen LogP contribution in [0.15, 0.2) is 94.4 Å². The van der Waals surface area contributed by atoms with Gasteiger partial charge in [-0.1, -0.05) is 36.4 Å². The van der Waals surface area contributed by atoms with Gasteiger partial charge in [0.25, 0.3) is 5.91 Å². The van der Waals surface area contributed by atoms with Gasteiger partial charge in [-0.2, -0.15) is 0 Å².